The molecule has 0 aliphatic heterocycles. The van der Waals surface area contributed by atoms with E-state index in [9.17, 15) is 0 Å². The van der Waals surface area contributed by atoms with E-state index < -0.39 is 0 Å². The second-order valence-corrected chi connectivity index (χ2v) is 5.79. The van der Waals surface area contributed by atoms with E-state index >= 15 is 0 Å². The van der Waals surface area contributed by atoms with E-state index in [0.717, 1.165) is 30.7 Å². The molecule has 0 saturated heterocycles. The molecule has 0 fully saturated rings. The summed E-state index contributed by atoms with van der Waals surface area (Å²) in [7, 11) is 0. The molecule has 0 radical (unpaired) electrons. The third-order valence-electron chi connectivity index (χ3n) is 4.41. The molecule has 1 heterocycles. The first-order chi connectivity index (χ1) is 7.89. The van der Waals surface area contributed by atoms with Crippen LogP contribution in [0, 0.1) is 0 Å². The van der Waals surface area contributed by atoms with Crippen LogP contribution < -0.4 is 0 Å². The Bertz CT molecular complexity index is 348. The van der Waals surface area contributed by atoms with Gasteiger partial charge in [-0.15, -0.1) is 0 Å². The molecule has 0 bridgehead atoms. The van der Waals surface area contributed by atoms with Crippen molar-refractivity contribution in [3.63, 3.8) is 0 Å². The van der Waals surface area contributed by atoms with Crippen LogP contribution in [0.2, 0.25) is 0 Å². The Balaban J connectivity index is 3.03. The Morgan fingerprint density at radius 3 is 1.65 bits per heavy atom. The van der Waals surface area contributed by atoms with Crippen LogP contribution in [0.3, 0.4) is 0 Å². The zero-order valence-electron chi connectivity index (χ0n) is 12.2. The fourth-order valence-corrected chi connectivity index (χ4v) is 1.78. The Morgan fingerprint density at radius 2 is 1.29 bits per heavy atom. The van der Waals surface area contributed by atoms with Crippen LogP contribution in [0.1, 0.15) is 72.2 Å². The number of aromatic nitrogens is 2. The normalized spacial score (nSPS) is 12.8. The van der Waals surface area contributed by atoms with Crippen molar-refractivity contribution in [3.05, 3.63) is 23.8 Å². The summed E-state index contributed by atoms with van der Waals surface area (Å²) in [5.41, 5.74) is 2.51. The van der Waals surface area contributed by atoms with Gasteiger partial charge in [0.15, 0.2) is 0 Å². The van der Waals surface area contributed by atoms with Crippen LogP contribution in [0.25, 0.3) is 0 Å². The lowest BCUT2D eigenvalue weighted by molar-refractivity contribution is 0.420. The number of hydrogen-bond donors (Lipinski definition) is 0. The van der Waals surface area contributed by atoms with Crippen molar-refractivity contribution in [2.45, 2.75) is 71.6 Å². The predicted octanol–water partition coefficient (Wildman–Crippen LogP) is 4.24. The second-order valence-electron chi connectivity index (χ2n) is 5.79. The van der Waals surface area contributed by atoms with Crippen molar-refractivity contribution in [2.24, 2.45) is 0 Å². The van der Waals surface area contributed by atoms with Crippen molar-refractivity contribution in [3.8, 4) is 0 Å². The van der Waals surface area contributed by atoms with Crippen molar-refractivity contribution >= 4 is 0 Å². The first-order valence-corrected chi connectivity index (χ1v) is 6.72. The molecule has 0 aliphatic rings. The summed E-state index contributed by atoms with van der Waals surface area (Å²) in [6, 6.07) is 0. The molecule has 1 aromatic heterocycles. The maximum Gasteiger partial charge on any atom is 0.0645 e. The molecule has 0 aromatic carbocycles. The van der Waals surface area contributed by atoms with Gasteiger partial charge >= 0.3 is 0 Å². The highest BCUT2D eigenvalue weighted by Crippen LogP contribution is 2.30. The summed E-state index contributed by atoms with van der Waals surface area (Å²) in [6.45, 7) is 13.3. The van der Waals surface area contributed by atoms with Crippen molar-refractivity contribution in [1.29, 1.82) is 0 Å². The molecule has 0 amide bonds. The Morgan fingerprint density at radius 1 is 0.824 bits per heavy atom. The van der Waals surface area contributed by atoms with Crippen molar-refractivity contribution < 1.29 is 0 Å². The highest BCUT2D eigenvalue weighted by Gasteiger charge is 2.26. The number of rotatable bonds is 5. The van der Waals surface area contributed by atoms with Gasteiger partial charge in [-0.2, -0.15) is 0 Å². The standard InChI is InChI=1S/C15H26N2/c1-7-14(4,5)12-10-17-13(11-16-12)15(6,8-2)9-3/h10-11H,7-9H2,1-6H3. The maximum absolute atomic E-state index is 4.64. The van der Waals surface area contributed by atoms with Gasteiger partial charge in [0.25, 0.3) is 0 Å². The highest BCUT2D eigenvalue weighted by molar-refractivity contribution is 5.17. The highest BCUT2D eigenvalue weighted by atomic mass is 14.8. The summed E-state index contributed by atoms with van der Waals surface area (Å²) >= 11 is 0. The summed E-state index contributed by atoms with van der Waals surface area (Å²) < 4.78 is 0. The zero-order valence-corrected chi connectivity index (χ0v) is 12.2. The van der Waals surface area contributed by atoms with E-state index in [4.69, 9.17) is 0 Å². The lowest BCUT2D eigenvalue weighted by atomic mass is 9.81. The Labute approximate surface area is 106 Å². The minimum Gasteiger partial charge on any atom is -0.257 e. The zero-order chi connectivity index (χ0) is 13.1. The number of hydrogen-bond acceptors (Lipinski definition) is 2. The molecule has 0 unspecified atom stereocenters. The second kappa shape index (κ2) is 5.16. The SMILES string of the molecule is CCC(C)(C)c1cnc(C(C)(CC)CC)cn1. The Kier molecular flexibility index (Phi) is 4.29. The third kappa shape index (κ3) is 2.85. The van der Waals surface area contributed by atoms with Crippen LogP contribution in [-0.2, 0) is 10.8 Å². The van der Waals surface area contributed by atoms with E-state index in [1.165, 1.54) is 0 Å². The van der Waals surface area contributed by atoms with Gasteiger partial charge < -0.3 is 0 Å². The topological polar surface area (TPSA) is 25.8 Å². The third-order valence-corrected chi connectivity index (χ3v) is 4.41. The van der Waals surface area contributed by atoms with Crippen LogP contribution in [-0.4, -0.2) is 9.97 Å². The molecule has 2 heteroatoms. The van der Waals surface area contributed by atoms with Gasteiger partial charge in [0.05, 0.1) is 11.4 Å². The molecule has 0 spiro atoms. The fourth-order valence-electron chi connectivity index (χ4n) is 1.78. The van der Waals surface area contributed by atoms with E-state index in [0.29, 0.717) is 0 Å². The summed E-state index contributed by atoms with van der Waals surface area (Å²) in [5.74, 6) is 0. The predicted molar refractivity (Wildman–Crippen MR) is 73.3 cm³/mol. The van der Waals surface area contributed by atoms with E-state index in [-0.39, 0.29) is 10.8 Å². The largest absolute Gasteiger partial charge is 0.257 e. The van der Waals surface area contributed by atoms with E-state index in [1.54, 1.807) is 0 Å². The van der Waals surface area contributed by atoms with Crippen LogP contribution in [0.4, 0.5) is 0 Å². The fraction of sp³-hybridized carbons (Fsp3) is 0.733. The molecule has 0 N–H and O–H groups in total. The quantitative estimate of drug-likeness (QED) is 0.761. The molecule has 1 rings (SSSR count). The smallest absolute Gasteiger partial charge is 0.0645 e. The molecule has 96 valence electrons. The van der Waals surface area contributed by atoms with Gasteiger partial charge in [-0.1, -0.05) is 41.5 Å². The van der Waals surface area contributed by atoms with E-state index in [1.807, 2.05) is 12.4 Å². The van der Waals surface area contributed by atoms with Crippen molar-refractivity contribution in [2.75, 3.05) is 0 Å². The van der Waals surface area contributed by atoms with Gasteiger partial charge in [-0.05, 0) is 19.3 Å². The molecule has 17 heavy (non-hydrogen) atoms. The molecular formula is C15H26N2. The molecule has 0 saturated carbocycles. The maximum atomic E-state index is 4.64. The first-order valence-electron chi connectivity index (χ1n) is 6.72. The average molecular weight is 234 g/mol. The molecule has 0 aliphatic carbocycles. The van der Waals surface area contributed by atoms with Gasteiger partial charge in [-0.25, -0.2) is 0 Å². The van der Waals surface area contributed by atoms with Gasteiger partial charge in [-0.3, -0.25) is 9.97 Å². The van der Waals surface area contributed by atoms with E-state index in [2.05, 4.69) is 51.5 Å². The first kappa shape index (κ1) is 14.1. The molecule has 2 nitrogen and oxygen atoms in total. The van der Waals surface area contributed by atoms with Gasteiger partial charge in [0.2, 0.25) is 0 Å². The monoisotopic (exact) mass is 234 g/mol. The lowest BCUT2D eigenvalue weighted by Gasteiger charge is -2.27. The van der Waals surface area contributed by atoms with Crippen LogP contribution in [0.15, 0.2) is 12.4 Å². The summed E-state index contributed by atoms with van der Waals surface area (Å²) in [6.07, 6.45) is 7.23. The minimum absolute atomic E-state index is 0.125. The minimum atomic E-state index is 0.125. The van der Waals surface area contributed by atoms with Crippen LogP contribution >= 0.6 is 0 Å². The Hall–Kier alpha value is -0.920. The average Bonchev–Trinajstić information content (AvgIpc) is 2.38. The number of nitrogens with zero attached hydrogens (tertiary/aromatic N) is 2. The molecular weight excluding hydrogens is 208 g/mol. The summed E-state index contributed by atoms with van der Waals surface area (Å²) in [4.78, 5) is 9.26. The van der Waals surface area contributed by atoms with Crippen molar-refractivity contribution in [1.82, 2.24) is 9.97 Å². The van der Waals surface area contributed by atoms with Gasteiger partial charge in [0, 0.05) is 23.2 Å². The van der Waals surface area contributed by atoms with Crippen LogP contribution in [0.5, 0.6) is 0 Å². The lowest BCUT2D eigenvalue weighted by Crippen LogP contribution is -2.23. The molecule has 0 atom stereocenters. The molecule has 1 aromatic rings. The van der Waals surface area contributed by atoms with Gasteiger partial charge in [0.1, 0.15) is 0 Å². The summed E-state index contributed by atoms with van der Waals surface area (Å²) in [5, 5.41) is 0.